The zero-order valence-electron chi connectivity index (χ0n) is 23.1. The number of ether oxygens (including phenoxy) is 1. The van der Waals surface area contributed by atoms with Gasteiger partial charge in [0.1, 0.15) is 18.3 Å². The third-order valence-corrected chi connectivity index (χ3v) is 7.87. The summed E-state index contributed by atoms with van der Waals surface area (Å²) in [5.74, 6) is -0.263. The van der Waals surface area contributed by atoms with Crippen LogP contribution in [0, 0.1) is 6.92 Å². The van der Waals surface area contributed by atoms with Crippen molar-refractivity contribution in [3.8, 4) is 5.75 Å². The van der Waals surface area contributed by atoms with Gasteiger partial charge in [-0.3, -0.25) is 13.9 Å². The summed E-state index contributed by atoms with van der Waals surface area (Å²) in [6.45, 7) is 9.26. The Balaban J connectivity index is 1.99. The maximum Gasteiger partial charge on any atom is 0.264 e. The Labute approximate surface area is 231 Å². The lowest BCUT2D eigenvalue weighted by Gasteiger charge is -2.32. The highest BCUT2D eigenvalue weighted by Gasteiger charge is 2.32. The molecule has 0 saturated heterocycles. The van der Waals surface area contributed by atoms with E-state index < -0.39 is 28.5 Å². The van der Waals surface area contributed by atoms with Crippen LogP contribution in [0.25, 0.3) is 0 Å². The van der Waals surface area contributed by atoms with Crippen molar-refractivity contribution in [2.45, 2.75) is 58.1 Å². The third kappa shape index (κ3) is 7.83. The highest BCUT2D eigenvalue weighted by molar-refractivity contribution is 7.92. The number of carbonyl (C=O) groups is 2. The molecule has 9 heteroatoms. The Kier molecular flexibility index (Phi) is 10.1. The van der Waals surface area contributed by atoms with Gasteiger partial charge in [-0.15, -0.1) is 0 Å². The summed E-state index contributed by atoms with van der Waals surface area (Å²) in [6.07, 6.45) is 0. The topological polar surface area (TPSA) is 96.0 Å². The first-order valence-electron chi connectivity index (χ1n) is 13.0. The smallest absolute Gasteiger partial charge is 0.264 e. The molecule has 0 aliphatic rings. The molecule has 1 N–H and O–H groups in total. The number of anilines is 1. The number of nitrogens with one attached hydrogen (secondary N) is 1. The van der Waals surface area contributed by atoms with Crippen LogP contribution in [0.3, 0.4) is 0 Å². The molecule has 0 aliphatic carbocycles. The number of rotatable bonds is 12. The number of sulfonamides is 1. The molecule has 0 bridgehead atoms. The first-order chi connectivity index (χ1) is 18.5. The van der Waals surface area contributed by atoms with Gasteiger partial charge in [-0.05, 0) is 76.6 Å². The van der Waals surface area contributed by atoms with Crippen LogP contribution in [0.5, 0.6) is 5.75 Å². The van der Waals surface area contributed by atoms with Gasteiger partial charge in [0.15, 0.2) is 0 Å². The van der Waals surface area contributed by atoms with Gasteiger partial charge in [0.25, 0.3) is 10.0 Å². The molecule has 8 nitrogen and oxygen atoms in total. The molecular formula is C30H37N3O5S. The number of hydrogen-bond acceptors (Lipinski definition) is 5. The lowest BCUT2D eigenvalue weighted by Crippen LogP contribution is -2.52. The standard InChI is InChI=1S/C30H37N3O5S/c1-6-38-27-15-17-28(18-16-27)39(36,37)33(26-13-8-7-9-14-26)21-29(34)32(24(5)30(35)31-22(2)3)20-25-12-10-11-23(4)19-25/h7-19,22,24H,6,20-21H2,1-5H3,(H,31,35)/t24-/m0/s1. The summed E-state index contributed by atoms with van der Waals surface area (Å²) in [4.78, 5) is 28.3. The van der Waals surface area contributed by atoms with Crippen LogP contribution >= 0.6 is 0 Å². The van der Waals surface area contributed by atoms with Gasteiger partial charge in [0.2, 0.25) is 11.8 Å². The zero-order valence-corrected chi connectivity index (χ0v) is 23.9. The molecular weight excluding hydrogens is 514 g/mol. The molecule has 1 atom stereocenters. The normalized spacial score (nSPS) is 12.1. The van der Waals surface area contributed by atoms with Crippen LogP contribution in [0.15, 0.2) is 83.8 Å². The SMILES string of the molecule is CCOc1ccc(S(=O)(=O)N(CC(=O)N(Cc2cccc(C)c2)[C@@H](C)C(=O)NC(C)C)c2ccccc2)cc1. The van der Waals surface area contributed by atoms with Crippen LogP contribution in [-0.2, 0) is 26.2 Å². The van der Waals surface area contributed by atoms with E-state index >= 15 is 0 Å². The van der Waals surface area contributed by atoms with Gasteiger partial charge >= 0.3 is 0 Å². The minimum Gasteiger partial charge on any atom is -0.494 e. The molecule has 0 saturated carbocycles. The fourth-order valence-corrected chi connectivity index (χ4v) is 5.53. The highest BCUT2D eigenvalue weighted by Crippen LogP contribution is 2.26. The molecule has 0 unspecified atom stereocenters. The summed E-state index contributed by atoms with van der Waals surface area (Å²) >= 11 is 0. The van der Waals surface area contributed by atoms with E-state index in [1.807, 2.05) is 52.0 Å². The van der Waals surface area contributed by atoms with Crippen molar-refractivity contribution in [2.24, 2.45) is 0 Å². The van der Waals surface area contributed by atoms with Crippen molar-refractivity contribution in [3.05, 3.63) is 90.0 Å². The molecule has 39 heavy (non-hydrogen) atoms. The second-order valence-electron chi connectivity index (χ2n) is 9.60. The molecule has 0 aromatic heterocycles. The molecule has 0 radical (unpaired) electrons. The van der Waals surface area contributed by atoms with Crippen LogP contribution in [0.4, 0.5) is 5.69 Å². The zero-order chi connectivity index (χ0) is 28.6. The van der Waals surface area contributed by atoms with Crippen molar-refractivity contribution in [1.82, 2.24) is 10.2 Å². The Bertz CT molecular complexity index is 1360. The second kappa shape index (κ2) is 13.3. The van der Waals surface area contributed by atoms with Gasteiger partial charge in [-0.1, -0.05) is 48.0 Å². The summed E-state index contributed by atoms with van der Waals surface area (Å²) in [7, 11) is -4.13. The van der Waals surface area contributed by atoms with Crippen LogP contribution in [-0.4, -0.2) is 50.4 Å². The van der Waals surface area contributed by atoms with E-state index in [9.17, 15) is 18.0 Å². The summed E-state index contributed by atoms with van der Waals surface area (Å²) in [6, 6.07) is 21.3. The Morgan fingerprint density at radius 3 is 2.18 bits per heavy atom. The van der Waals surface area contributed by atoms with Gasteiger partial charge in [0, 0.05) is 12.6 Å². The van der Waals surface area contributed by atoms with E-state index in [0.717, 1.165) is 15.4 Å². The van der Waals surface area contributed by atoms with Crippen molar-refractivity contribution in [1.29, 1.82) is 0 Å². The predicted octanol–water partition coefficient (Wildman–Crippen LogP) is 4.53. The molecule has 0 aliphatic heterocycles. The fraction of sp³-hybridized carbons (Fsp3) is 0.333. The third-order valence-electron chi connectivity index (χ3n) is 6.08. The maximum atomic E-state index is 13.9. The van der Waals surface area contributed by atoms with Crippen LogP contribution in [0.1, 0.15) is 38.8 Å². The number of benzene rings is 3. The highest BCUT2D eigenvalue weighted by atomic mass is 32.2. The van der Waals surface area contributed by atoms with Crippen molar-refractivity contribution >= 4 is 27.5 Å². The van der Waals surface area contributed by atoms with Crippen molar-refractivity contribution in [2.75, 3.05) is 17.5 Å². The van der Waals surface area contributed by atoms with Gasteiger partial charge in [-0.25, -0.2) is 8.42 Å². The largest absolute Gasteiger partial charge is 0.494 e. The molecule has 3 aromatic carbocycles. The molecule has 208 valence electrons. The Morgan fingerprint density at radius 2 is 1.59 bits per heavy atom. The molecule has 3 aromatic rings. The number of aryl methyl sites for hydroxylation is 1. The number of nitrogens with zero attached hydrogens (tertiary/aromatic N) is 2. The predicted molar refractivity (Wildman–Crippen MR) is 153 cm³/mol. The molecule has 0 fully saturated rings. The number of hydrogen-bond donors (Lipinski definition) is 1. The van der Waals surface area contributed by atoms with E-state index in [1.54, 1.807) is 49.4 Å². The quantitative estimate of drug-likeness (QED) is 0.357. The Morgan fingerprint density at radius 1 is 0.923 bits per heavy atom. The first kappa shape index (κ1) is 29.7. The van der Waals surface area contributed by atoms with Crippen molar-refractivity contribution < 1.29 is 22.7 Å². The lowest BCUT2D eigenvalue weighted by molar-refractivity contribution is -0.139. The minimum absolute atomic E-state index is 0.0263. The van der Waals surface area contributed by atoms with E-state index in [1.165, 1.54) is 17.0 Å². The number of amides is 2. The monoisotopic (exact) mass is 551 g/mol. The second-order valence-corrected chi connectivity index (χ2v) is 11.5. The lowest BCUT2D eigenvalue weighted by atomic mass is 10.1. The average Bonchev–Trinajstić information content (AvgIpc) is 2.90. The number of carbonyl (C=O) groups excluding carboxylic acids is 2. The first-order valence-corrected chi connectivity index (χ1v) is 14.4. The van der Waals surface area contributed by atoms with Gasteiger partial charge < -0.3 is 15.0 Å². The fourth-order valence-electron chi connectivity index (χ4n) is 4.12. The van der Waals surface area contributed by atoms with Crippen molar-refractivity contribution in [3.63, 3.8) is 0 Å². The van der Waals surface area contributed by atoms with Crippen LogP contribution in [0.2, 0.25) is 0 Å². The van der Waals surface area contributed by atoms with E-state index in [4.69, 9.17) is 4.74 Å². The molecule has 0 spiro atoms. The van der Waals surface area contributed by atoms with Gasteiger partial charge in [-0.2, -0.15) is 0 Å². The average molecular weight is 552 g/mol. The maximum absolute atomic E-state index is 13.9. The summed E-state index contributed by atoms with van der Waals surface area (Å²) in [5, 5.41) is 2.86. The summed E-state index contributed by atoms with van der Waals surface area (Å²) in [5.41, 5.74) is 2.20. The Hall–Kier alpha value is -3.85. The van der Waals surface area contributed by atoms with E-state index in [2.05, 4.69) is 5.32 Å². The van der Waals surface area contributed by atoms with E-state index in [-0.39, 0.29) is 23.4 Å². The number of para-hydroxylation sites is 1. The molecule has 2 amide bonds. The minimum atomic E-state index is -4.13. The van der Waals surface area contributed by atoms with E-state index in [0.29, 0.717) is 18.0 Å². The summed E-state index contributed by atoms with van der Waals surface area (Å²) < 4.78 is 34.2. The van der Waals surface area contributed by atoms with Gasteiger partial charge in [0.05, 0.1) is 17.2 Å². The molecule has 3 rings (SSSR count). The molecule has 0 heterocycles. The van der Waals surface area contributed by atoms with Crippen LogP contribution < -0.4 is 14.4 Å².